The van der Waals surface area contributed by atoms with Gasteiger partial charge in [0, 0.05) is 18.1 Å². The highest BCUT2D eigenvalue weighted by atomic mass is 32.2. The molecule has 0 bridgehead atoms. The summed E-state index contributed by atoms with van der Waals surface area (Å²) in [7, 11) is 1.45. The lowest BCUT2D eigenvalue weighted by molar-refractivity contribution is -0.138. The van der Waals surface area contributed by atoms with Crippen molar-refractivity contribution in [3.8, 4) is 0 Å². The van der Waals surface area contributed by atoms with Crippen molar-refractivity contribution in [3.05, 3.63) is 47.3 Å². The van der Waals surface area contributed by atoms with Crippen molar-refractivity contribution in [1.82, 2.24) is 4.98 Å². The Morgan fingerprint density at radius 1 is 1.04 bits per heavy atom. The van der Waals surface area contributed by atoms with Crippen molar-refractivity contribution < 1.29 is 31.1 Å². The minimum atomic E-state index is -4.63. The summed E-state index contributed by atoms with van der Waals surface area (Å²) < 4.78 is 77.4. The fourth-order valence-electron chi connectivity index (χ4n) is 2.26. The number of benzene rings is 1. The number of hydrogen-bond acceptors (Lipinski definition) is 4. The monoisotopic (exact) mass is 423 g/mol. The zero-order chi connectivity index (χ0) is 21.1. The van der Waals surface area contributed by atoms with Crippen LogP contribution in [0.2, 0.25) is 0 Å². The Morgan fingerprint density at radius 3 is 2.21 bits per heavy atom. The number of halogens is 6. The van der Waals surface area contributed by atoms with Crippen molar-refractivity contribution in [2.45, 2.75) is 24.2 Å². The first-order valence-corrected chi connectivity index (χ1v) is 8.86. The van der Waals surface area contributed by atoms with Gasteiger partial charge in [-0.05, 0) is 30.0 Å². The first-order valence-electron chi connectivity index (χ1n) is 7.87. The van der Waals surface area contributed by atoms with Gasteiger partial charge in [-0.3, -0.25) is 4.79 Å². The quantitative estimate of drug-likeness (QED) is 0.491. The maximum atomic E-state index is 12.9. The van der Waals surface area contributed by atoms with Crippen molar-refractivity contribution in [2.24, 2.45) is 0 Å². The summed E-state index contributed by atoms with van der Waals surface area (Å²) in [6.07, 6.45) is -8.74. The van der Waals surface area contributed by atoms with Crippen LogP contribution in [0.3, 0.4) is 0 Å². The maximum Gasteiger partial charge on any atom is 0.417 e. The molecule has 11 heteroatoms. The van der Waals surface area contributed by atoms with Gasteiger partial charge < -0.3 is 10.6 Å². The van der Waals surface area contributed by atoms with E-state index in [0.717, 1.165) is 36.0 Å². The van der Waals surface area contributed by atoms with Crippen LogP contribution in [0.4, 0.5) is 37.7 Å². The van der Waals surface area contributed by atoms with Gasteiger partial charge in [0.15, 0.2) is 0 Å². The molecule has 28 heavy (non-hydrogen) atoms. The largest absolute Gasteiger partial charge is 0.417 e. The Morgan fingerprint density at radius 2 is 1.68 bits per heavy atom. The number of nitrogens with zero attached hydrogens (tertiary/aromatic N) is 1. The molecule has 0 radical (unpaired) electrons. The lowest BCUT2D eigenvalue weighted by Crippen LogP contribution is -2.18. The summed E-state index contributed by atoms with van der Waals surface area (Å²) in [6, 6.07) is 3.51. The third-order valence-corrected chi connectivity index (χ3v) is 4.47. The molecular weight excluding hydrogens is 408 g/mol. The third-order valence-electron chi connectivity index (χ3n) is 3.56. The van der Waals surface area contributed by atoms with Gasteiger partial charge in [0.2, 0.25) is 0 Å². The van der Waals surface area contributed by atoms with Gasteiger partial charge in [0.25, 0.3) is 5.91 Å². The number of carbonyl (C=O) groups is 1. The van der Waals surface area contributed by atoms with Crippen LogP contribution < -0.4 is 10.6 Å². The highest BCUT2D eigenvalue weighted by Crippen LogP contribution is 2.35. The van der Waals surface area contributed by atoms with Crippen LogP contribution in [0.1, 0.15) is 28.5 Å². The molecule has 0 aliphatic heterocycles. The minimum Gasteiger partial charge on any atom is -0.386 e. The van der Waals surface area contributed by atoms with Crippen LogP contribution >= 0.6 is 11.8 Å². The third kappa shape index (κ3) is 5.09. The first-order chi connectivity index (χ1) is 13.0. The average Bonchev–Trinajstić information content (AvgIpc) is 2.60. The van der Waals surface area contributed by atoms with Gasteiger partial charge in [-0.2, -0.15) is 26.3 Å². The maximum absolute atomic E-state index is 12.9. The highest BCUT2D eigenvalue weighted by Gasteiger charge is 2.33. The van der Waals surface area contributed by atoms with E-state index in [9.17, 15) is 31.1 Å². The molecule has 0 saturated carbocycles. The summed E-state index contributed by atoms with van der Waals surface area (Å²) in [5.74, 6) is -0.547. The minimum absolute atomic E-state index is 0.0205. The molecule has 1 aromatic carbocycles. The molecule has 0 aliphatic carbocycles. The lowest BCUT2D eigenvalue weighted by Gasteiger charge is -2.15. The lowest BCUT2D eigenvalue weighted by atomic mass is 10.1. The molecular formula is C17H15F6N3OS. The standard InChI is InChI=1S/C17H15F6N3OS/c1-3-28-13-7-10(17(21,22)23)8-25-14(13)15(27)26-12-6-9(16(18,19)20)4-5-11(12)24-2/h4-8,24H,3H2,1-2H3,(H,26,27). The summed E-state index contributed by atoms with van der Waals surface area (Å²) >= 11 is 0.969. The second kappa shape index (κ2) is 8.29. The average molecular weight is 423 g/mol. The fraction of sp³-hybridized carbons (Fsp3) is 0.294. The number of thioether (sulfide) groups is 1. The normalized spacial score (nSPS) is 12.0. The van der Waals surface area contributed by atoms with E-state index in [2.05, 4.69) is 15.6 Å². The second-order valence-corrected chi connectivity index (χ2v) is 6.77. The summed E-state index contributed by atoms with van der Waals surface area (Å²) in [4.78, 5) is 16.1. The number of alkyl halides is 6. The van der Waals surface area contributed by atoms with Gasteiger partial charge in [-0.25, -0.2) is 4.98 Å². The fourth-order valence-corrected chi connectivity index (χ4v) is 3.06. The molecule has 4 nitrogen and oxygen atoms in total. The summed E-state index contributed by atoms with van der Waals surface area (Å²) in [5.41, 5.74) is -2.27. The van der Waals surface area contributed by atoms with E-state index >= 15 is 0 Å². The van der Waals surface area contributed by atoms with Crippen LogP contribution in [0.5, 0.6) is 0 Å². The predicted octanol–water partition coefficient (Wildman–Crippen LogP) is 5.53. The zero-order valence-corrected chi connectivity index (χ0v) is 15.4. The van der Waals surface area contributed by atoms with Gasteiger partial charge in [0.05, 0.1) is 22.5 Å². The van der Waals surface area contributed by atoms with Crippen LogP contribution in [-0.4, -0.2) is 23.7 Å². The van der Waals surface area contributed by atoms with Crippen LogP contribution in [0.15, 0.2) is 35.4 Å². The number of anilines is 2. The molecule has 1 heterocycles. The molecule has 2 aromatic rings. The molecule has 0 atom stereocenters. The number of nitrogens with one attached hydrogen (secondary N) is 2. The molecule has 0 fully saturated rings. The van der Waals surface area contributed by atoms with E-state index < -0.39 is 29.4 Å². The first kappa shape index (κ1) is 21.9. The Labute approximate surface area is 160 Å². The topological polar surface area (TPSA) is 54.0 Å². The van der Waals surface area contributed by atoms with E-state index in [1.54, 1.807) is 6.92 Å². The second-order valence-electron chi connectivity index (χ2n) is 5.46. The zero-order valence-electron chi connectivity index (χ0n) is 14.6. The number of hydrogen-bond donors (Lipinski definition) is 2. The Hall–Kier alpha value is -2.43. The highest BCUT2D eigenvalue weighted by molar-refractivity contribution is 7.99. The molecule has 0 saturated heterocycles. The molecule has 152 valence electrons. The number of amides is 1. The van der Waals surface area contributed by atoms with E-state index in [0.29, 0.717) is 11.9 Å². The number of carbonyl (C=O) groups excluding carboxylic acids is 1. The molecule has 0 aliphatic rings. The predicted molar refractivity (Wildman–Crippen MR) is 94.6 cm³/mol. The number of pyridine rings is 1. The SMILES string of the molecule is CCSc1cc(C(F)(F)F)cnc1C(=O)Nc1cc(C(F)(F)F)ccc1NC. The molecule has 1 aromatic heterocycles. The summed E-state index contributed by atoms with van der Waals surface area (Å²) in [6.45, 7) is 1.68. The Bertz CT molecular complexity index is 867. The van der Waals surface area contributed by atoms with Crippen molar-refractivity contribution in [2.75, 3.05) is 23.4 Å². The summed E-state index contributed by atoms with van der Waals surface area (Å²) in [5, 5.41) is 4.93. The van der Waals surface area contributed by atoms with E-state index in [-0.39, 0.29) is 22.0 Å². The molecule has 2 N–H and O–H groups in total. The molecule has 0 unspecified atom stereocenters. The van der Waals surface area contributed by atoms with Crippen molar-refractivity contribution >= 4 is 29.0 Å². The molecule has 0 spiro atoms. The van der Waals surface area contributed by atoms with E-state index in [1.165, 1.54) is 7.05 Å². The molecule has 1 amide bonds. The van der Waals surface area contributed by atoms with Crippen LogP contribution in [-0.2, 0) is 12.4 Å². The number of aromatic nitrogens is 1. The van der Waals surface area contributed by atoms with Gasteiger partial charge in [-0.15, -0.1) is 11.8 Å². The van der Waals surface area contributed by atoms with Gasteiger partial charge >= 0.3 is 12.4 Å². The Kier molecular flexibility index (Phi) is 6.48. The smallest absolute Gasteiger partial charge is 0.386 e. The van der Waals surface area contributed by atoms with E-state index in [1.807, 2.05) is 0 Å². The van der Waals surface area contributed by atoms with Crippen molar-refractivity contribution in [3.63, 3.8) is 0 Å². The van der Waals surface area contributed by atoms with Crippen LogP contribution in [0, 0.1) is 0 Å². The van der Waals surface area contributed by atoms with E-state index in [4.69, 9.17) is 0 Å². The molecule has 2 rings (SSSR count). The van der Waals surface area contributed by atoms with Gasteiger partial charge in [0.1, 0.15) is 5.69 Å². The van der Waals surface area contributed by atoms with Gasteiger partial charge in [-0.1, -0.05) is 6.92 Å². The number of rotatable bonds is 5. The Balaban J connectivity index is 2.42. The van der Waals surface area contributed by atoms with Crippen molar-refractivity contribution in [1.29, 1.82) is 0 Å². The van der Waals surface area contributed by atoms with Crippen LogP contribution in [0.25, 0.3) is 0 Å².